The second kappa shape index (κ2) is 5.06. The van der Waals surface area contributed by atoms with Crippen LogP contribution in [-0.4, -0.2) is 12.5 Å². The predicted molar refractivity (Wildman–Crippen MR) is 68.6 cm³/mol. The van der Waals surface area contributed by atoms with Gasteiger partial charge >= 0.3 is 0 Å². The third-order valence-electron chi connectivity index (χ3n) is 2.12. The van der Waals surface area contributed by atoms with Gasteiger partial charge in [0.2, 0.25) is 0 Å². The van der Waals surface area contributed by atoms with Gasteiger partial charge in [-0.05, 0) is 24.6 Å². The highest BCUT2D eigenvalue weighted by Crippen LogP contribution is 2.23. The summed E-state index contributed by atoms with van der Waals surface area (Å²) in [6, 6.07) is 8.50. The van der Waals surface area contributed by atoms with E-state index in [-0.39, 0.29) is 10.9 Å². The molecule has 74 valence electrons. The number of hydrogen-bond acceptors (Lipinski definition) is 0. The summed E-state index contributed by atoms with van der Waals surface area (Å²) < 4.78 is 0. The molecule has 0 aromatic heterocycles. The van der Waals surface area contributed by atoms with Crippen LogP contribution in [0.25, 0.3) is 4.91 Å². The van der Waals surface area contributed by atoms with Gasteiger partial charge in [-0.2, -0.15) is 0 Å². The molecule has 1 aromatic rings. The van der Waals surface area contributed by atoms with Crippen molar-refractivity contribution in [2.24, 2.45) is 0 Å². The number of hydrogen-bond donors (Lipinski definition) is 0. The van der Waals surface area contributed by atoms with Gasteiger partial charge in [-0.15, -0.1) is 0 Å². The second-order valence-corrected chi connectivity index (χ2v) is 5.47. The molecule has 1 aromatic carbocycles. The summed E-state index contributed by atoms with van der Waals surface area (Å²) in [6.07, 6.45) is 8.46. The third kappa shape index (κ3) is 2.52. The fourth-order valence-corrected chi connectivity index (χ4v) is 2.44. The van der Waals surface area contributed by atoms with Gasteiger partial charge in [-0.3, -0.25) is 0 Å². The van der Waals surface area contributed by atoms with E-state index in [1.807, 2.05) is 6.08 Å². The van der Waals surface area contributed by atoms with Crippen LogP contribution in [-0.2, 0) is 10.9 Å². The van der Waals surface area contributed by atoms with Crippen molar-refractivity contribution in [1.29, 1.82) is 0 Å². The summed E-state index contributed by atoms with van der Waals surface area (Å²) >= 11 is 0. The lowest BCUT2D eigenvalue weighted by Crippen LogP contribution is -2.00. The molecule has 0 N–H and O–H groups in total. The maximum Gasteiger partial charge on any atom is 0.161 e. The third-order valence-corrected chi connectivity index (χ3v) is 3.36. The zero-order valence-corrected chi connectivity index (χ0v) is 9.90. The first-order valence-electron chi connectivity index (χ1n) is 4.63. The molecule has 0 saturated heterocycles. The van der Waals surface area contributed by atoms with Crippen LogP contribution < -0.4 is 0 Å². The Morgan fingerprint density at radius 1 is 1.29 bits per heavy atom. The molecule has 0 amide bonds. The molecule has 1 heteroatoms. The van der Waals surface area contributed by atoms with Gasteiger partial charge < -0.3 is 0 Å². The van der Waals surface area contributed by atoms with E-state index in [0.717, 1.165) is 0 Å². The standard InChI is InChI=1S/C13H17S/c1-5-8-13(14(3)4)12-10-7-6-9-11(12)2/h5-10H,1H2,2-4H3/q+1/b13-8+. The minimum Gasteiger partial charge on any atom is -0.0989 e. The molecule has 0 aliphatic rings. The van der Waals surface area contributed by atoms with Crippen molar-refractivity contribution >= 4 is 15.8 Å². The maximum atomic E-state index is 3.77. The summed E-state index contributed by atoms with van der Waals surface area (Å²) in [5.74, 6) is 0. The first-order valence-corrected chi connectivity index (χ1v) is 6.67. The van der Waals surface area contributed by atoms with Crippen molar-refractivity contribution in [3.63, 3.8) is 0 Å². The number of aryl methyl sites for hydroxylation is 1. The van der Waals surface area contributed by atoms with Crippen LogP contribution in [0.1, 0.15) is 11.1 Å². The van der Waals surface area contributed by atoms with Crippen LogP contribution in [0.4, 0.5) is 0 Å². The molecule has 0 spiro atoms. The van der Waals surface area contributed by atoms with E-state index in [1.54, 1.807) is 0 Å². The normalized spacial score (nSPS) is 11.9. The van der Waals surface area contributed by atoms with Crippen molar-refractivity contribution in [3.05, 3.63) is 54.1 Å². The van der Waals surface area contributed by atoms with E-state index in [9.17, 15) is 0 Å². The topological polar surface area (TPSA) is 0 Å². The predicted octanol–water partition coefficient (Wildman–Crippen LogP) is 3.40. The number of rotatable bonds is 3. The van der Waals surface area contributed by atoms with Gasteiger partial charge in [-0.25, -0.2) is 0 Å². The van der Waals surface area contributed by atoms with Gasteiger partial charge in [0.15, 0.2) is 4.91 Å². The second-order valence-electron chi connectivity index (χ2n) is 3.40. The Morgan fingerprint density at radius 2 is 1.93 bits per heavy atom. The molecular weight excluding hydrogens is 188 g/mol. The van der Waals surface area contributed by atoms with E-state index in [2.05, 4.69) is 56.4 Å². The smallest absolute Gasteiger partial charge is 0.0989 e. The van der Waals surface area contributed by atoms with E-state index in [1.165, 1.54) is 16.0 Å². The van der Waals surface area contributed by atoms with Crippen LogP contribution in [0.2, 0.25) is 0 Å². The molecule has 14 heavy (non-hydrogen) atoms. The van der Waals surface area contributed by atoms with E-state index in [4.69, 9.17) is 0 Å². The van der Waals surface area contributed by atoms with Crippen molar-refractivity contribution in [3.8, 4) is 0 Å². The van der Waals surface area contributed by atoms with E-state index in [0.29, 0.717) is 0 Å². The molecule has 0 aliphatic heterocycles. The lowest BCUT2D eigenvalue weighted by molar-refractivity contribution is 1.44. The van der Waals surface area contributed by atoms with Crippen molar-refractivity contribution in [2.75, 3.05) is 12.5 Å². The zero-order chi connectivity index (χ0) is 10.6. The Hall–Kier alpha value is -0.950. The van der Waals surface area contributed by atoms with Gasteiger partial charge in [0, 0.05) is 16.5 Å². The molecule has 0 unspecified atom stereocenters. The summed E-state index contributed by atoms with van der Waals surface area (Å²) in [7, 11) is 0.275. The molecule has 0 fully saturated rings. The molecule has 0 radical (unpaired) electrons. The van der Waals surface area contributed by atoms with Crippen molar-refractivity contribution in [2.45, 2.75) is 6.92 Å². The Morgan fingerprint density at radius 3 is 2.43 bits per heavy atom. The van der Waals surface area contributed by atoms with Gasteiger partial charge in [0.1, 0.15) is 12.5 Å². The quantitative estimate of drug-likeness (QED) is 0.524. The molecule has 0 saturated carbocycles. The lowest BCUT2D eigenvalue weighted by atomic mass is 10.1. The van der Waals surface area contributed by atoms with Gasteiger partial charge in [0.05, 0.1) is 0 Å². The molecule has 0 bridgehead atoms. The Labute approximate surface area is 89.7 Å². The number of allylic oxidation sites excluding steroid dienone is 2. The lowest BCUT2D eigenvalue weighted by Gasteiger charge is -2.05. The number of benzene rings is 1. The fraction of sp³-hybridized carbons (Fsp3) is 0.231. The van der Waals surface area contributed by atoms with E-state index >= 15 is 0 Å². The Balaban J connectivity index is 3.19. The summed E-state index contributed by atoms with van der Waals surface area (Å²) in [6.45, 7) is 5.92. The average molecular weight is 205 g/mol. The van der Waals surface area contributed by atoms with Crippen LogP contribution in [0.3, 0.4) is 0 Å². The average Bonchev–Trinajstić information content (AvgIpc) is 2.15. The molecule has 1 rings (SSSR count). The SMILES string of the molecule is C=C/C=C(\c1ccccc1C)[S+](C)C. The summed E-state index contributed by atoms with van der Waals surface area (Å²) in [5.41, 5.74) is 2.68. The first-order chi connectivity index (χ1) is 6.66. The molecule has 0 atom stereocenters. The highest BCUT2D eigenvalue weighted by atomic mass is 32.2. The Bertz CT molecular complexity index is 348. The molecule has 0 aliphatic carbocycles. The van der Waals surface area contributed by atoms with E-state index < -0.39 is 0 Å². The minimum atomic E-state index is 0.275. The van der Waals surface area contributed by atoms with Gasteiger partial charge in [-0.1, -0.05) is 30.9 Å². The summed E-state index contributed by atoms with van der Waals surface area (Å²) in [4.78, 5) is 1.39. The first kappa shape index (κ1) is 11.1. The summed E-state index contributed by atoms with van der Waals surface area (Å²) in [5, 5.41) is 0. The van der Waals surface area contributed by atoms with Gasteiger partial charge in [0.25, 0.3) is 0 Å². The van der Waals surface area contributed by atoms with Crippen molar-refractivity contribution < 1.29 is 0 Å². The van der Waals surface area contributed by atoms with Crippen LogP contribution in [0, 0.1) is 6.92 Å². The van der Waals surface area contributed by atoms with Crippen LogP contribution in [0.5, 0.6) is 0 Å². The molecule has 0 heterocycles. The molecule has 0 nitrogen and oxygen atoms in total. The van der Waals surface area contributed by atoms with Crippen molar-refractivity contribution in [1.82, 2.24) is 0 Å². The molecular formula is C13H17S+. The Kier molecular flexibility index (Phi) is 4.02. The largest absolute Gasteiger partial charge is 0.161 e. The minimum absolute atomic E-state index is 0.275. The highest BCUT2D eigenvalue weighted by molar-refractivity contribution is 8.04. The monoisotopic (exact) mass is 205 g/mol. The van der Waals surface area contributed by atoms with Crippen LogP contribution >= 0.6 is 0 Å². The fourth-order valence-electron chi connectivity index (χ4n) is 1.40. The zero-order valence-electron chi connectivity index (χ0n) is 9.08. The van der Waals surface area contributed by atoms with Crippen LogP contribution in [0.15, 0.2) is 43.0 Å². The highest BCUT2D eigenvalue weighted by Gasteiger charge is 2.15. The maximum absolute atomic E-state index is 3.77.